The van der Waals surface area contributed by atoms with Crippen molar-refractivity contribution in [1.82, 2.24) is 5.32 Å². The van der Waals surface area contributed by atoms with E-state index in [1.165, 1.54) is 0 Å². The van der Waals surface area contributed by atoms with Crippen molar-refractivity contribution in [2.24, 2.45) is 23.7 Å². The van der Waals surface area contributed by atoms with Crippen molar-refractivity contribution < 1.29 is 22.1 Å². The number of fused-ring (bicyclic) bond motifs is 1. The van der Waals surface area contributed by atoms with E-state index in [4.69, 9.17) is 8.92 Å². The molecule has 0 aromatic heterocycles. The number of ether oxygens (including phenoxy) is 1. The van der Waals surface area contributed by atoms with Crippen LogP contribution >= 0.6 is 0 Å². The lowest BCUT2D eigenvalue weighted by atomic mass is 9.82. The van der Waals surface area contributed by atoms with Crippen LogP contribution in [0.2, 0.25) is 0 Å². The number of esters is 1. The van der Waals surface area contributed by atoms with Gasteiger partial charge in [0.25, 0.3) is 10.1 Å². The molecule has 2 saturated carbocycles. The highest BCUT2D eigenvalue weighted by Crippen LogP contribution is 2.58. The van der Waals surface area contributed by atoms with Gasteiger partial charge in [0.15, 0.2) is 0 Å². The van der Waals surface area contributed by atoms with E-state index in [1.54, 1.807) is 0 Å². The van der Waals surface area contributed by atoms with E-state index >= 15 is 0 Å². The van der Waals surface area contributed by atoms with Gasteiger partial charge in [-0.25, -0.2) is 0 Å². The Hall–Kier alpha value is -0.660. The van der Waals surface area contributed by atoms with Crippen molar-refractivity contribution in [1.29, 1.82) is 0 Å². The van der Waals surface area contributed by atoms with Crippen LogP contribution in [0, 0.1) is 23.7 Å². The second-order valence-electron chi connectivity index (χ2n) is 8.06. The number of carbonyl (C=O) groups is 1. The van der Waals surface area contributed by atoms with Gasteiger partial charge in [0.05, 0.1) is 12.0 Å². The first-order valence-electron chi connectivity index (χ1n) is 8.65. The maximum absolute atomic E-state index is 12.8. The molecule has 5 atom stereocenters. The van der Waals surface area contributed by atoms with Gasteiger partial charge in [-0.3, -0.25) is 8.98 Å². The second-order valence-corrected chi connectivity index (χ2v) is 9.78. The Bertz CT molecular complexity index is 608. The topological polar surface area (TPSA) is 81.7 Å². The van der Waals surface area contributed by atoms with Crippen LogP contribution in [-0.2, 0) is 23.8 Å². The Morgan fingerprint density at radius 3 is 2.61 bits per heavy atom. The summed E-state index contributed by atoms with van der Waals surface area (Å²) >= 11 is 0. The molecule has 2 heterocycles. The van der Waals surface area contributed by atoms with E-state index in [2.05, 4.69) is 5.32 Å². The number of hydrogen-bond donors (Lipinski definition) is 1. The van der Waals surface area contributed by atoms with E-state index in [1.807, 2.05) is 13.8 Å². The highest BCUT2D eigenvalue weighted by Gasteiger charge is 2.67. The van der Waals surface area contributed by atoms with Gasteiger partial charge >= 0.3 is 5.97 Å². The summed E-state index contributed by atoms with van der Waals surface area (Å²) in [7, 11) is -3.62. The zero-order valence-electron chi connectivity index (χ0n) is 13.7. The van der Waals surface area contributed by atoms with Crippen LogP contribution in [0.5, 0.6) is 0 Å². The molecule has 130 valence electrons. The summed E-state index contributed by atoms with van der Waals surface area (Å²) in [6.07, 6.45) is 3.21. The maximum atomic E-state index is 12.8. The summed E-state index contributed by atoms with van der Waals surface area (Å²) in [4.78, 5) is 12.8. The maximum Gasteiger partial charge on any atom is 0.311 e. The first-order valence-corrected chi connectivity index (χ1v) is 10.1. The van der Waals surface area contributed by atoms with Crippen LogP contribution in [0.3, 0.4) is 0 Å². The highest BCUT2D eigenvalue weighted by atomic mass is 32.2. The van der Waals surface area contributed by atoms with Gasteiger partial charge in [-0.2, -0.15) is 8.42 Å². The monoisotopic (exact) mass is 343 g/mol. The molecule has 2 saturated heterocycles. The fourth-order valence-electron chi connectivity index (χ4n) is 5.24. The van der Waals surface area contributed by atoms with Gasteiger partial charge in [-0.15, -0.1) is 0 Å². The fraction of sp³-hybridized carbons (Fsp3) is 0.938. The Labute approximate surface area is 137 Å². The van der Waals surface area contributed by atoms with Crippen molar-refractivity contribution >= 4 is 16.1 Å². The normalized spacial score (nSPS) is 42.1. The van der Waals surface area contributed by atoms with E-state index in [9.17, 15) is 13.2 Å². The third kappa shape index (κ3) is 2.43. The predicted octanol–water partition coefficient (Wildman–Crippen LogP) is 1.06. The van der Waals surface area contributed by atoms with Crippen molar-refractivity contribution in [2.45, 2.75) is 56.5 Å². The molecular weight excluding hydrogens is 318 g/mol. The van der Waals surface area contributed by atoms with Crippen LogP contribution < -0.4 is 5.32 Å². The summed E-state index contributed by atoms with van der Waals surface area (Å²) < 4.78 is 35.5. The summed E-state index contributed by atoms with van der Waals surface area (Å²) in [5.74, 6) is -0.466. The molecule has 5 unspecified atom stereocenters. The quantitative estimate of drug-likeness (QED) is 0.610. The standard InChI is InChI=1S/C16H25NO5S/c1-16(2,10-3-5-17-6-4-10)21-15(18)13-9-7-11-12(8-9)22-23(19,20)14(11)13/h9-14,17H,3-8H2,1-2H3. The van der Waals surface area contributed by atoms with Gasteiger partial charge in [-0.1, -0.05) is 0 Å². The van der Waals surface area contributed by atoms with E-state index < -0.39 is 26.9 Å². The van der Waals surface area contributed by atoms with Crippen molar-refractivity contribution in [3.05, 3.63) is 0 Å². The summed E-state index contributed by atoms with van der Waals surface area (Å²) in [6.45, 7) is 5.78. The van der Waals surface area contributed by atoms with Gasteiger partial charge in [0.1, 0.15) is 10.9 Å². The molecule has 0 spiro atoms. The number of carbonyl (C=O) groups excluding carboxylic acids is 1. The molecule has 7 heteroatoms. The predicted molar refractivity (Wildman–Crippen MR) is 83.0 cm³/mol. The van der Waals surface area contributed by atoms with Crippen molar-refractivity contribution in [2.75, 3.05) is 13.1 Å². The Kier molecular flexibility index (Phi) is 3.56. The molecule has 2 aliphatic carbocycles. The molecule has 2 aliphatic heterocycles. The van der Waals surface area contributed by atoms with Crippen LogP contribution in [-0.4, -0.2) is 44.4 Å². The SMILES string of the molecule is CC(C)(OC(=O)C1C2CC3OS(=O)(=O)C1C3C2)C1CCNCC1. The highest BCUT2D eigenvalue weighted by molar-refractivity contribution is 7.87. The molecule has 0 aromatic rings. The lowest BCUT2D eigenvalue weighted by Gasteiger charge is -2.38. The zero-order chi connectivity index (χ0) is 16.4. The van der Waals surface area contributed by atoms with Crippen LogP contribution in [0.4, 0.5) is 0 Å². The van der Waals surface area contributed by atoms with Crippen LogP contribution in [0.25, 0.3) is 0 Å². The number of piperidine rings is 1. The van der Waals surface area contributed by atoms with Gasteiger partial charge in [0, 0.05) is 11.8 Å². The van der Waals surface area contributed by atoms with Gasteiger partial charge in [0.2, 0.25) is 0 Å². The molecule has 4 fully saturated rings. The minimum absolute atomic E-state index is 0.00968. The molecule has 1 N–H and O–H groups in total. The average Bonchev–Trinajstić information content (AvgIpc) is 3.08. The number of nitrogens with one attached hydrogen (secondary N) is 1. The van der Waals surface area contributed by atoms with Crippen LogP contribution in [0.15, 0.2) is 0 Å². The number of hydrogen-bond acceptors (Lipinski definition) is 6. The first-order chi connectivity index (χ1) is 10.8. The lowest BCUT2D eigenvalue weighted by molar-refractivity contribution is -0.169. The van der Waals surface area contributed by atoms with Crippen molar-refractivity contribution in [3.8, 4) is 0 Å². The fourth-order valence-corrected chi connectivity index (χ4v) is 7.34. The van der Waals surface area contributed by atoms with Crippen molar-refractivity contribution in [3.63, 3.8) is 0 Å². The minimum Gasteiger partial charge on any atom is -0.459 e. The number of rotatable bonds is 3. The summed E-state index contributed by atoms with van der Waals surface area (Å²) in [5.41, 5.74) is -0.552. The Morgan fingerprint density at radius 2 is 1.91 bits per heavy atom. The first kappa shape index (κ1) is 15.8. The van der Waals surface area contributed by atoms with E-state index in [0.717, 1.165) is 32.4 Å². The Morgan fingerprint density at radius 1 is 1.22 bits per heavy atom. The molecule has 4 aliphatic rings. The van der Waals surface area contributed by atoms with Crippen LogP contribution in [0.1, 0.15) is 39.5 Å². The van der Waals surface area contributed by atoms with E-state index in [-0.39, 0.29) is 23.9 Å². The third-order valence-electron chi connectivity index (χ3n) is 6.42. The Balaban J connectivity index is 1.51. The molecule has 0 amide bonds. The smallest absolute Gasteiger partial charge is 0.311 e. The molecule has 0 aromatic carbocycles. The summed E-state index contributed by atoms with van der Waals surface area (Å²) in [5, 5.41) is 2.64. The van der Waals surface area contributed by atoms with Gasteiger partial charge < -0.3 is 10.1 Å². The zero-order valence-corrected chi connectivity index (χ0v) is 14.5. The molecule has 4 rings (SSSR count). The molecule has 2 bridgehead atoms. The molecular formula is C16H25NO5S. The largest absolute Gasteiger partial charge is 0.459 e. The lowest BCUT2D eigenvalue weighted by Crippen LogP contribution is -2.46. The molecule has 6 nitrogen and oxygen atoms in total. The average molecular weight is 343 g/mol. The molecule has 0 radical (unpaired) electrons. The minimum atomic E-state index is -3.62. The molecule has 23 heavy (non-hydrogen) atoms. The third-order valence-corrected chi connectivity index (χ3v) is 8.25. The van der Waals surface area contributed by atoms with E-state index in [0.29, 0.717) is 12.3 Å². The summed E-state index contributed by atoms with van der Waals surface area (Å²) in [6, 6.07) is 0. The van der Waals surface area contributed by atoms with Gasteiger partial charge in [-0.05, 0) is 58.5 Å². The second kappa shape index (κ2) is 5.17.